The monoisotopic (exact) mass is 518 g/mol. The Balaban J connectivity index is 0.00000420. The highest BCUT2D eigenvalue weighted by molar-refractivity contribution is 14.0. The van der Waals surface area contributed by atoms with Crippen LogP contribution in [0.3, 0.4) is 0 Å². The van der Waals surface area contributed by atoms with Crippen LogP contribution in [0.25, 0.3) is 0 Å². The van der Waals surface area contributed by atoms with Gasteiger partial charge in [0, 0.05) is 24.0 Å². The molecule has 1 amide bonds. The molecule has 0 aromatic heterocycles. The average molecular weight is 518 g/mol. The Morgan fingerprint density at radius 3 is 2.34 bits per heavy atom. The predicted molar refractivity (Wildman–Crippen MR) is 128 cm³/mol. The molecule has 1 aliphatic rings. The van der Waals surface area contributed by atoms with Gasteiger partial charge in [0.25, 0.3) is 0 Å². The molecule has 0 saturated heterocycles. The summed E-state index contributed by atoms with van der Waals surface area (Å²) >= 11 is 0. The van der Waals surface area contributed by atoms with Gasteiger partial charge < -0.3 is 25.4 Å². The molecular formula is C21H35IN4O3. The molecule has 1 aromatic rings. The van der Waals surface area contributed by atoms with Crippen molar-refractivity contribution in [3.05, 3.63) is 23.8 Å². The first-order chi connectivity index (χ1) is 13.1. The summed E-state index contributed by atoms with van der Waals surface area (Å²) in [6, 6.07) is 6.06. The lowest BCUT2D eigenvalue weighted by atomic mass is 9.84. The number of rotatable bonds is 6. The van der Waals surface area contributed by atoms with Crippen LogP contribution < -0.4 is 25.4 Å². The van der Waals surface area contributed by atoms with Gasteiger partial charge in [0.2, 0.25) is 5.91 Å². The van der Waals surface area contributed by atoms with Crippen molar-refractivity contribution in [1.82, 2.24) is 16.0 Å². The zero-order valence-corrected chi connectivity index (χ0v) is 20.7. The predicted octanol–water partition coefficient (Wildman–Crippen LogP) is 2.82. The van der Waals surface area contributed by atoms with Crippen molar-refractivity contribution >= 4 is 35.8 Å². The molecule has 1 aliphatic heterocycles. The number of nitrogens with one attached hydrogen (secondary N) is 3. The summed E-state index contributed by atoms with van der Waals surface area (Å²) in [5, 5.41) is 9.45. The fourth-order valence-electron chi connectivity index (χ4n) is 2.82. The van der Waals surface area contributed by atoms with Crippen molar-refractivity contribution in [2.75, 3.05) is 32.8 Å². The van der Waals surface area contributed by atoms with E-state index in [1.165, 1.54) is 0 Å². The number of guanidine groups is 1. The Labute approximate surface area is 191 Å². The van der Waals surface area contributed by atoms with Crippen LogP contribution in [0.4, 0.5) is 0 Å². The fraction of sp³-hybridized carbons (Fsp3) is 0.619. The summed E-state index contributed by atoms with van der Waals surface area (Å²) in [6.45, 7) is 14.8. The fourth-order valence-corrected chi connectivity index (χ4v) is 2.82. The first-order valence-electron chi connectivity index (χ1n) is 9.84. The molecule has 0 saturated carbocycles. The van der Waals surface area contributed by atoms with Crippen molar-refractivity contribution in [2.24, 2.45) is 4.99 Å². The maximum Gasteiger partial charge on any atom is 0.242 e. The first kappa shape index (κ1) is 25.3. The molecule has 1 heterocycles. The van der Waals surface area contributed by atoms with E-state index in [1.807, 2.05) is 39.8 Å². The van der Waals surface area contributed by atoms with Crippen molar-refractivity contribution in [1.29, 1.82) is 0 Å². The van der Waals surface area contributed by atoms with Gasteiger partial charge in [-0.05, 0) is 45.4 Å². The summed E-state index contributed by atoms with van der Waals surface area (Å²) < 4.78 is 11.3. The van der Waals surface area contributed by atoms with Crippen LogP contribution in [0.5, 0.6) is 11.5 Å². The van der Waals surface area contributed by atoms with Crippen molar-refractivity contribution in [3.8, 4) is 11.5 Å². The van der Waals surface area contributed by atoms with Crippen molar-refractivity contribution < 1.29 is 14.3 Å². The number of fused-ring (bicyclic) bond motifs is 1. The van der Waals surface area contributed by atoms with E-state index in [1.54, 1.807) is 0 Å². The normalized spacial score (nSPS) is 13.9. The van der Waals surface area contributed by atoms with Gasteiger partial charge in [0.15, 0.2) is 17.5 Å². The second-order valence-corrected chi connectivity index (χ2v) is 8.59. The molecular weight excluding hydrogens is 483 g/mol. The third-order valence-corrected chi connectivity index (χ3v) is 4.26. The van der Waals surface area contributed by atoms with Crippen LogP contribution in [0.2, 0.25) is 0 Å². The van der Waals surface area contributed by atoms with Crippen molar-refractivity contribution in [3.63, 3.8) is 0 Å². The quantitative estimate of drug-likeness (QED) is 0.307. The lowest BCUT2D eigenvalue weighted by molar-refractivity contribution is -0.121. The molecule has 0 bridgehead atoms. The molecule has 0 atom stereocenters. The number of ether oxygens (including phenoxy) is 2. The smallest absolute Gasteiger partial charge is 0.242 e. The number of aliphatic imine (C=N–C) groups is 1. The van der Waals surface area contributed by atoms with Gasteiger partial charge in [-0.1, -0.05) is 19.9 Å². The molecule has 8 heteroatoms. The van der Waals surface area contributed by atoms with Crippen LogP contribution in [-0.2, 0) is 10.2 Å². The number of carbonyl (C=O) groups excluding carboxylic acids is 1. The SMILES string of the molecule is CCNC(=NCC(=O)NC(C)(C)C)NCC(C)(C)c1ccc2c(c1)OCCO2.I. The molecule has 0 fully saturated rings. The topological polar surface area (TPSA) is 84.0 Å². The summed E-state index contributed by atoms with van der Waals surface area (Å²) in [7, 11) is 0. The van der Waals surface area contributed by atoms with Crippen LogP contribution in [0.15, 0.2) is 23.2 Å². The number of carbonyl (C=O) groups is 1. The highest BCUT2D eigenvalue weighted by Gasteiger charge is 2.24. The van der Waals surface area contributed by atoms with E-state index in [2.05, 4.69) is 40.9 Å². The molecule has 0 spiro atoms. The molecule has 1 aromatic carbocycles. The van der Waals surface area contributed by atoms with E-state index in [-0.39, 0.29) is 47.4 Å². The minimum absolute atomic E-state index is 0. The van der Waals surface area contributed by atoms with E-state index in [0.717, 1.165) is 23.6 Å². The number of benzene rings is 1. The molecule has 2 rings (SSSR count). The summed E-state index contributed by atoms with van der Waals surface area (Å²) in [5.41, 5.74) is 0.712. The maximum absolute atomic E-state index is 12.0. The zero-order chi connectivity index (χ0) is 20.8. The molecule has 7 nitrogen and oxygen atoms in total. The Kier molecular flexibility index (Phi) is 9.51. The van der Waals surface area contributed by atoms with Crippen LogP contribution >= 0.6 is 24.0 Å². The van der Waals surface area contributed by atoms with E-state index in [0.29, 0.717) is 25.7 Å². The number of hydrogen-bond acceptors (Lipinski definition) is 4. The van der Waals surface area contributed by atoms with Gasteiger partial charge in [0.05, 0.1) is 0 Å². The minimum atomic E-state index is -0.265. The Morgan fingerprint density at radius 1 is 1.07 bits per heavy atom. The number of nitrogens with zero attached hydrogens (tertiary/aromatic N) is 1. The standard InChI is InChI=1S/C21H34N4O3.HI/c1-7-22-19(23-13-18(26)25-20(2,3)4)24-14-21(5,6)15-8-9-16-17(12-15)28-11-10-27-16;/h8-9,12H,7,10-11,13-14H2,1-6H3,(H,25,26)(H2,22,23,24);1H. The van der Waals surface area contributed by atoms with Crippen molar-refractivity contribution in [2.45, 2.75) is 52.5 Å². The van der Waals surface area contributed by atoms with Crippen LogP contribution in [0, 0.1) is 0 Å². The van der Waals surface area contributed by atoms with E-state index in [4.69, 9.17) is 9.47 Å². The zero-order valence-electron chi connectivity index (χ0n) is 18.3. The number of halogens is 1. The summed E-state index contributed by atoms with van der Waals surface area (Å²) in [6.07, 6.45) is 0. The molecule has 164 valence electrons. The Morgan fingerprint density at radius 2 is 1.72 bits per heavy atom. The van der Waals surface area contributed by atoms with E-state index in [9.17, 15) is 4.79 Å². The largest absolute Gasteiger partial charge is 0.486 e. The average Bonchev–Trinajstić information content (AvgIpc) is 2.62. The maximum atomic E-state index is 12.0. The highest BCUT2D eigenvalue weighted by Crippen LogP contribution is 2.34. The van der Waals surface area contributed by atoms with E-state index < -0.39 is 0 Å². The third-order valence-electron chi connectivity index (χ3n) is 4.26. The molecule has 0 aliphatic carbocycles. The van der Waals surface area contributed by atoms with Gasteiger partial charge in [0.1, 0.15) is 19.8 Å². The number of hydrogen-bond donors (Lipinski definition) is 3. The van der Waals surface area contributed by atoms with Crippen LogP contribution in [-0.4, -0.2) is 50.3 Å². The summed E-state index contributed by atoms with van der Waals surface area (Å²) in [4.78, 5) is 16.4. The van der Waals surface area contributed by atoms with Gasteiger partial charge in [-0.3, -0.25) is 4.79 Å². The lowest BCUT2D eigenvalue weighted by Crippen LogP contribution is -2.45. The minimum Gasteiger partial charge on any atom is -0.486 e. The molecule has 3 N–H and O–H groups in total. The Bertz CT molecular complexity index is 714. The second-order valence-electron chi connectivity index (χ2n) is 8.59. The third kappa shape index (κ3) is 8.28. The highest BCUT2D eigenvalue weighted by atomic mass is 127. The molecule has 0 unspecified atom stereocenters. The molecule has 29 heavy (non-hydrogen) atoms. The van der Waals surface area contributed by atoms with Crippen LogP contribution in [0.1, 0.15) is 47.1 Å². The van der Waals surface area contributed by atoms with E-state index >= 15 is 0 Å². The number of amides is 1. The van der Waals surface area contributed by atoms with Gasteiger partial charge in [-0.2, -0.15) is 0 Å². The lowest BCUT2D eigenvalue weighted by Gasteiger charge is -2.28. The second kappa shape index (κ2) is 10.9. The van der Waals surface area contributed by atoms with Gasteiger partial charge in [-0.25, -0.2) is 4.99 Å². The summed E-state index contributed by atoms with van der Waals surface area (Å²) in [5.74, 6) is 2.10. The molecule has 0 radical (unpaired) electrons. The van der Waals surface area contributed by atoms with Gasteiger partial charge >= 0.3 is 0 Å². The van der Waals surface area contributed by atoms with Gasteiger partial charge in [-0.15, -0.1) is 24.0 Å². The first-order valence-corrected chi connectivity index (χ1v) is 9.84. The Hall–Kier alpha value is -1.71.